The average molecular weight is 233 g/mol. The zero-order chi connectivity index (χ0) is 12.3. The molecule has 6 nitrogen and oxygen atoms in total. The van der Waals surface area contributed by atoms with Gasteiger partial charge in [-0.1, -0.05) is 5.16 Å². The third-order valence-electron chi connectivity index (χ3n) is 2.19. The Balaban J connectivity index is 2.11. The van der Waals surface area contributed by atoms with E-state index in [1.807, 2.05) is 0 Å². The van der Waals surface area contributed by atoms with Crippen molar-refractivity contribution in [1.82, 2.24) is 10.1 Å². The Labute approximate surface area is 97.3 Å². The lowest BCUT2D eigenvalue weighted by atomic mass is 10.2. The highest BCUT2D eigenvalue weighted by molar-refractivity contribution is 5.93. The van der Waals surface area contributed by atoms with Crippen molar-refractivity contribution in [3.8, 4) is 0 Å². The fourth-order valence-corrected chi connectivity index (χ4v) is 1.41. The standard InChI is InChI=1S/C11H11N3O3/c1-7-4-8(14-17-7)5-13-10-2-3-12-6-9(10)11(15)16/h2-4,6H,5H2,1H3,(H,12,13)(H,15,16). The van der Waals surface area contributed by atoms with E-state index in [2.05, 4.69) is 15.5 Å². The van der Waals surface area contributed by atoms with E-state index in [1.165, 1.54) is 12.4 Å². The van der Waals surface area contributed by atoms with Crippen molar-refractivity contribution in [2.24, 2.45) is 0 Å². The van der Waals surface area contributed by atoms with Gasteiger partial charge in [0.1, 0.15) is 17.0 Å². The van der Waals surface area contributed by atoms with Crippen LogP contribution in [-0.2, 0) is 6.54 Å². The van der Waals surface area contributed by atoms with E-state index in [0.29, 0.717) is 12.2 Å². The molecule has 0 saturated carbocycles. The van der Waals surface area contributed by atoms with Crippen LogP contribution < -0.4 is 5.32 Å². The minimum absolute atomic E-state index is 0.132. The topological polar surface area (TPSA) is 88.2 Å². The molecule has 0 aliphatic rings. The van der Waals surface area contributed by atoms with Crippen molar-refractivity contribution in [2.75, 3.05) is 5.32 Å². The Hall–Kier alpha value is -2.37. The molecule has 0 radical (unpaired) electrons. The summed E-state index contributed by atoms with van der Waals surface area (Å²) in [5, 5.41) is 15.7. The van der Waals surface area contributed by atoms with Crippen LogP contribution in [0.5, 0.6) is 0 Å². The van der Waals surface area contributed by atoms with Crippen LogP contribution in [-0.4, -0.2) is 21.2 Å². The second-order valence-electron chi connectivity index (χ2n) is 3.51. The quantitative estimate of drug-likeness (QED) is 0.835. The lowest BCUT2D eigenvalue weighted by molar-refractivity contribution is 0.0697. The molecular weight excluding hydrogens is 222 g/mol. The number of hydrogen-bond acceptors (Lipinski definition) is 5. The van der Waals surface area contributed by atoms with Gasteiger partial charge in [0.15, 0.2) is 0 Å². The zero-order valence-corrected chi connectivity index (χ0v) is 9.17. The molecule has 0 amide bonds. The number of nitrogens with one attached hydrogen (secondary N) is 1. The molecule has 2 heterocycles. The molecule has 0 bridgehead atoms. The first kappa shape index (κ1) is 11.1. The van der Waals surface area contributed by atoms with Gasteiger partial charge in [-0.25, -0.2) is 4.79 Å². The third-order valence-corrected chi connectivity index (χ3v) is 2.19. The Morgan fingerprint density at radius 3 is 3.06 bits per heavy atom. The van der Waals surface area contributed by atoms with E-state index in [9.17, 15) is 4.79 Å². The molecule has 0 aliphatic heterocycles. The number of carbonyl (C=O) groups is 1. The van der Waals surface area contributed by atoms with Gasteiger partial charge in [-0.15, -0.1) is 0 Å². The lowest BCUT2D eigenvalue weighted by Crippen LogP contribution is -2.06. The molecule has 6 heteroatoms. The third kappa shape index (κ3) is 2.60. The fourth-order valence-electron chi connectivity index (χ4n) is 1.41. The maximum Gasteiger partial charge on any atom is 0.339 e. The van der Waals surface area contributed by atoms with Crippen molar-refractivity contribution in [3.05, 3.63) is 41.5 Å². The summed E-state index contributed by atoms with van der Waals surface area (Å²) in [7, 11) is 0. The van der Waals surface area contributed by atoms with E-state index in [-0.39, 0.29) is 5.56 Å². The molecule has 17 heavy (non-hydrogen) atoms. The summed E-state index contributed by atoms with van der Waals surface area (Å²) >= 11 is 0. The van der Waals surface area contributed by atoms with Crippen LogP contribution in [0.1, 0.15) is 21.8 Å². The van der Waals surface area contributed by atoms with E-state index in [1.54, 1.807) is 19.1 Å². The number of carboxylic acids is 1. The van der Waals surface area contributed by atoms with E-state index in [0.717, 1.165) is 11.5 Å². The number of anilines is 1. The van der Waals surface area contributed by atoms with Gasteiger partial charge in [-0.2, -0.15) is 0 Å². The van der Waals surface area contributed by atoms with Crippen LogP contribution in [0, 0.1) is 6.92 Å². The number of rotatable bonds is 4. The smallest absolute Gasteiger partial charge is 0.339 e. The summed E-state index contributed by atoms with van der Waals surface area (Å²) in [6.45, 7) is 2.20. The van der Waals surface area contributed by atoms with Crippen molar-refractivity contribution in [2.45, 2.75) is 13.5 Å². The van der Waals surface area contributed by atoms with E-state index >= 15 is 0 Å². The van der Waals surface area contributed by atoms with Gasteiger partial charge in [0, 0.05) is 18.5 Å². The predicted octanol–water partition coefficient (Wildman–Crippen LogP) is 1.69. The minimum atomic E-state index is -1.02. The molecule has 0 atom stereocenters. The summed E-state index contributed by atoms with van der Waals surface area (Å²) in [4.78, 5) is 14.7. The van der Waals surface area contributed by atoms with Gasteiger partial charge in [0.05, 0.1) is 12.2 Å². The molecule has 2 rings (SSSR count). The van der Waals surface area contributed by atoms with Crippen LogP contribution in [0.25, 0.3) is 0 Å². The second kappa shape index (κ2) is 4.65. The molecular formula is C11H11N3O3. The summed E-state index contributed by atoms with van der Waals surface area (Å²) in [6, 6.07) is 3.39. The summed E-state index contributed by atoms with van der Waals surface area (Å²) < 4.78 is 4.91. The van der Waals surface area contributed by atoms with Crippen molar-refractivity contribution in [1.29, 1.82) is 0 Å². The van der Waals surface area contributed by atoms with Crippen molar-refractivity contribution >= 4 is 11.7 Å². The molecule has 0 saturated heterocycles. The van der Waals surface area contributed by atoms with Crippen LogP contribution in [0.3, 0.4) is 0 Å². The Morgan fingerprint density at radius 1 is 1.59 bits per heavy atom. The number of nitrogens with zero attached hydrogens (tertiary/aromatic N) is 2. The first-order chi connectivity index (χ1) is 8.16. The zero-order valence-electron chi connectivity index (χ0n) is 9.17. The number of carboxylic acid groups (broad SMARTS) is 1. The second-order valence-corrected chi connectivity index (χ2v) is 3.51. The number of aryl methyl sites for hydroxylation is 1. The maximum absolute atomic E-state index is 10.9. The minimum Gasteiger partial charge on any atom is -0.478 e. The van der Waals surface area contributed by atoms with E-state index in [4.69, 9.17) is 9.63 Å². The number of aromatic carboxylic acids is 1. The average Bonchev–Trinajstić information content (AvgIpc) is 2.73. The molecule has 88 valence electrons. The van der Waals surface area contributed by atoms with Crippen LogP contribution >= 0.6 is 0 Å². The molecule has 0 spiro atoms. The monoisotopic (exact) mass is 233 g/mol. The molecule has 0 aromatic carbocycles. The molecule has 0 fully saturated rings. The summed E-state index contributed by atoms with van der Waals surface area (Å²) in [6.07, 6.45) is 2.83. The number of hydrogen-bond donors (Lipinski definition) is 2. The fraction of sp³-hybridized carbons (Fsp3) is 0.182. The van der Waals surface area contributed by atoms with Gasteiger partial charge in [-0.05, 0) is 13.0 Å². The number of aromatic nitrogens is 2. The highest BCUT2D eigenvalue weighted by Crippen LogP contribution is 2.14. The van der Waals surface area contributed by atoms with E-state index < -0.39 is 5.97 Å². The molecule has 2 N–H and O–H groups in total. The summed E-state index contributed by atoms with van der Waals surface area (Å²) in [5.74, 6) is -0.299. The van der Waals surface area contributed by atoms with Crippen molar-refractivity contribution < 1.29 is 14.4 Å². The molecule has 0 unspecified atom stereocenters. The summed E-state index contributed by atoms with van der Waals surface area (Å²) in [5.41, 5.74) is 1.36. The first-order valence-corrected chi connectivity index (χ1v) is 5.00. The van der Waals surface area contributed by atoms with Crippen molar-refractivity contribution in [3.63, 3.8) is 0 Å². The van der Waals surface area contributed by atoms with Gasteiger partial charge >= 0.3 is 5.97 Å². The lowest BCUT2D eigenvalue weighted by Gasteiger charge is -2.06. The van der Waals surface area contributed by atoms with Crippen LogP contribution in [0.4, 0.5) is 5.69 Å². The largest absolute Gasteiger partial charge is 0.478 e. The van der Waals surface area contributed by atoms with Crippen LogP contribution in [0.2, 0.25) is 0 Å². The van der Waals surface area contributed by atoms with Gasteiger partial charge in [0.2, 0.25) is 0 Å². The Morgan fingerprint density at radius 2 is 2.41 bits per heavy atom. The highest BCUT2D eigenvalue weighted by atomic mass is 16.5. The van der Waals surface area contributed by atoms with Crippen LogP contribution in [0.15, 0.2) is 29.0 Å². The number of pyridine rings is 1. The molecule has 0 aliphatic carbocycles. The normalized spacial score (nSPS) is 10.2. The Kier molecular flexibility index (Phi) is 3.04. The predicted molar refractivity (Wildman–Crippen MR) is 59.8 cm³/mol. The van der Waals surface area contributed by atoms with Gasteiger partial charge in [0.25, 0.3) is 0 Å². The highest BCUT2D eigenvalue weighted by Gasteiger charge is 2.09. The molecule has 2 aromatic rings. The van der Waals surface area contributed by atoms with Gasteiger partial charge in [-0.3, -0.25) is 4.98 Å². The Bertz CT molecular complexity index is 536. The molecule has 2 aromatic heterocycles. The first-order valence-electron chi connectivity index (χ1n) is 5.00. The van der Waals surface area contributed by atoms with Gasteiger partial charge < -0.3 is 14.9 Å². The SMILES string of the molecule is Cc1cc(CNc2ccncc2C(=O)O)no1. The maximum atomic E-state index is 10.9.